The van der Waals surface area contributed by atoms with Crippen molar-refractivity contribution in [1.29, 1.82) is 0 Å². The van der Waals surface area contributed by atoms with Crippen LogP contribution in [0.2, 0.25) is 0 Å². The van der Waals surface area contributed by atoms with Crippen LogP contribution >= 0.6 is 0 Å². The lowest BCUT2D eigenvalue weighted by molar-refractivity contribution is 0.240. The number of nitrogens with zero attached hydrogens (tertiary/aromatic N) is 1. The van der Waals surface area contributed by atoms with Crippen molar-refractivity contribution in [3.8, 4) is 5.75 Å². The molecule has 0 spiro atoms. The van der Waals surface area contributed by atoms with Crippen LogP contribution in [0.25, 0.3) is 0 Å². The first-order valence-corrected chi connectivity index (χ1v) is 9.93. The highest BCUT2D eigenvalue weighted by Gasteiger charge is 2.09. The third-order valence-electron chi connectivity index (χ3n) is 4.75. The average Bonchev–Trinajstić information content (AvgIpc) is 2.74. The first-order chi connectivity index (χ1) is 14.5. The second kappa shape index (κ2) is 10.2. The molecule has 1 aromatic heterocycles. The number of benzene rings is 2. The molecule has 0 aliphatic rings. The minimum absolute atomic E-state index is 0.177. The highest BCUT2D eigenvalue weighted by Crippen LogP contribution is 2.10. The molecule has 7 heteroatoms. The zero-order valence-electron chi connectivity index (χ0n) is 16.9. The lowest BCUT2D eigenvalue weighted by Crippen LogP contribution is -2.35. The zero-order valence-corrected chi connectivity index (χ0v) is 16.9. The van der Waals surface area contributed by atoms with Gasteiger partial charge in [-0.25, -0.2) is 4.79 Å². The fraction of sp³-hybridized carbons (Fsp3) is 0.261. The fourth-order valence-corrected chi connectivity index (χ4v) is 3.08. The molecule has 0 aliphatic heterocycles. The SMILES string of the molecule is Cc1nc(CCCNC(=O)NCc2ccc(O)cc2)c(=O)[nH]c1Cc1ccccc1. The summed E-state index contributed by atoms with van der Waals surface area (Å²) < 4.78 is 0. The Morgan fingerprint density at radius 2 is 1.77 bits per heavy atom. The van der Waals surface area contributed by atoms with E-state index < -0.39 is 0 Å². The van der Waals surface area contributed by atoms with Gasteiger partial charge in [0.25, 0.3) is 5.56 Å². The molecule has 0 radical (unpaired) electrons. The predicted molar refractivity (Wildman–Crippen MR) is 116 cm³/mol. The van der Waals surface area contributed by atoms with E-state index >= 15 is 0 Å². The lowest BCUT2D eigenvalue weighted by Gasteiger charge is -2.09. The van der Waals surface area contributed by atoms with Crippen LogP contribution in [0.3, 0.4) is 0 Å². The normalized spacial score (nSPS) is 10.6. The standard InChI is InChI=1S/C23H26N4O3/c1-16-21(14-17-6-3-2-4-7-17)27-22(29)20(26-16)8-5-13-24-23(30)25-15-18-9-11-19(28)12-10-18/h2-4,6-7,9-12,28H,5,8,13-15H2,1H3,(H,27,29)(H2,24,25,30). The highest BCUT2D eigenvalue weighted by atomic mass is 16.3. The van der Waals surface area contributed by atoms with Gasteiger partial charge < -0.3 is 20.7 Å². The number of nitrogens with one attached hydrogen (secondary N) is 3. The summed E-state index contributed by atoms with van der Waals surface area (Å²) in [6, 6.07) is 16.3. The maximum absolute atomic E-state index is 12.4. The molecule has 4 N–H and O–H groups in total. The van der Waals surface area contributed by atoms with E-state index in [9.17, 15) is 14.7 Å². The maximum Gasteiger partial charge on any atom is 0.315 e. The smallest absolute Gasteiger partial charge is 0.315 e. The van der Waals surface area contributed by atoms with Crippen LogP contribution in [0.15, 0.2) is 59.4 Å². The molecular weight excluding hydrogens is 380 g/mol. The quantitative estimate of drug-likeness (QED) is 0.432. The summed E-state index contributed by atoms with van der Waals surface area (Å²) in [6.45, 7) is 2.70. The number of aryl methyl sites for hydroxylation is 2. The molecule has 1 heterocycles. The van der Waals surface area contributed by atoms with Crippen molar-refractivity contribution in [2.45, 2.75) is 32.7 Å². The summed E-state index contributed by atoms with van der Waals surface area (Å²) in [5.74, 6) is 0.190. The number of aromatic nitrogens is 2. The van der Waals surface area contributed by atoms with Gasteiger partial charge in [0.2, 0.25) is 0 Å². The molecular formula is C23H26N4O3. The van der Waals surface area contributed by atoms with Crippen LogP contribution in [0, 0.1) is 6.92 Å². The summed E-state index contributed by atoms with van der Waals surface area (Å²) >= 11 is 0. The molecule has 30 heavy (non-hydrogen) atoms. The van der Waals surface area contributed by atoms with Gasteiger partial charge in [0.1, 0.15) is 11.4 Å². The number of phenols is 1. The van der Waals surface area contributed by atoms with Crippen LogP contribution in [0.5, 0.6) is 5.75 Å². The third-order valence-corrected chi connectivity index (χ3v) is 4.75. The van der Waals surface area contributed by atoms with Crippen LogP contribution in [-0.4, -0.2) is 27.7 Å². The van der Waals surface area contributed by atoms with E-state index in [2.05, 4.69) is 20.6 Å². The van der Waals surface area contributed by atoms with Gasteiger partial charge in [-0.3, -0.25) is 9.78 Å². The van der Waals surface area contributed by atoms with E-state index in [0.717, 1.165) is 22.5 Å². The molecule has 0 bridgehead atoms. The Labute approximate surface area is 175 Å². The Morgan fingerprint density at radius 1 is 1.03 bits per heavy atom. The number of carbonyl (C=O) groups excluding carboxylic acids is 1. The Morgan fingerprint density at radius 3 is 2.50 bits per heavy atom. The molecule has 0 saturated carbocycles. The predicted octanol–water partition coefficient (Wildman–Crippen LogP) is 2.81. The van der Waals surface area contributed by atoms with Gasteiger partial charge in [-0.05, 0) is 43.0 Å². The summed E-state index contributed by atoms with van der Waals surface area (Å²) in [7, 11) is 0. The number of rotatable bonds is 8. The van der Waals surface area contributed by atoms with Crippen molar-refractivity contribution < 1.29 is 9.90 Å². The monoisotopic (exact) mass is 406 g/mol. The van der Waals surface area contributed by atoms with Gasteiger partial charge in [-0.15, -0.1) is 0 Å². The molecule has 2 aromatic carbocycles. The maximum atomic E-state index is 12.4. The van der Waals surface area contributed by atoms with E-state index in [1.54, 1.807) is 24.3 Å². The molecule has 3 aromatic rings. The molecule has 0 saturated heterocycles. The Bertz CT molecular complexity index is 1030. The van der Waals surface area contributed by atoms with Crippen LogP contribution in [-0.2, 0) is 19.4 Å². The van der Waals surface area contributed by atoms with Crippen LogP contribution in [0.1, 0.15) is 34.6 Å². The number of amides is 2. The second-order valence-electron chi connectivity index (χ2n) is 7.12. The molecule has 0 aliphatic carbocycles. The summed E-state index contributed by atoms with van der Waals surface area (Å²) in [6.07, 6.45) is 1.73. The zero-order chi connectivity index (χ0) is 21.3. The largest absolute Gasteiger partial charge is 0.508 e. The summed E-state index contributed by atoms with van der Waals surface area (Å²) in [5.41, 5.74) is 3.95. The van der Waals surface area contributed by atoms with Crippen LogP contribution in [0.4, 0.5) is 4.79 Å². The number of aromatic hydroxyl groups is 1. The minimum Gasteiger partial charge on any atom is -0.508 e. The second-order valence-corrected chi connectivity index (χ2v) is 7.12. The lowest BCUT2D eigenvalue weighted by atomic mass is 10.1. The third kappa shape index (κ3) is 6.20. The van der Waals surface area contributed by atoms with Gasteiger partial charge in [0.05, 0.1) is 5.69 Å². The molecule has 0 atom stereocenters. The van der Waals surface area contributed by atoms with E-state index in [1.165, 1.54) is 0 Å². The molecule has 2 amide bonds. The van der Waals surface area contributed by atoms with Gasteiger partial charge in [-0.2, -0.15) is 0 Å². The van der Waals surface area contributed by atoms with E-state index in [0.29, 0.717) is 38.0 Å². The first kappa shape index (κ1) is 21.1. The van der Waals surface area contributed by atoms with Crippen molar-refractivity contribution >= 4 is 6.03 Å². The van der Waals surface area contributed by atoms with Crippen molar-refractivity contribution in [3.63, 3.8) is 0 Å². The minimum atomic E-state index is -0.278. The van der Waals surface area contributed by atoms with Crippen LogP contribution < -0.4 is 16.2 Å². The highest BCUT2D eigenvalue weighted by molar-refractivity contribution is 5.73. The van der Waals surface area contributed by atoms with Gasteiger partial charge in [0, 0.05) is 25.2 Å². The van der Waals surface area contributed by atoms with E-state index in [4.69, 9.17) is 0 Å². The molecule has 0 unspecified atom stereocenters. The van der Waals surface area contributed by atoms with Crippen molar-refractivity contribution in [3.05, 3.63) is 93.2 Å². The fourth-order valence-electron chi connectivity index (χ4n) is 3.08. The summed E-state index contributed by atoms with van der Waals surface area (Å²) in [4.78, 5) is 31.7. The first-order valence-electron chi connectivity index (χ1n) is 9.93. The number of H-pyrrole nitrogens is 1. The molecule has 156 valence electrons. The number of hydrogen-bond acceptors (Lipinski definition) is 4. The molecule has 0 fully saturated rings. The Hall–Kier alpha value is -3.61. The van der Waals surface area contributed by atoms with Crippen molar-refractivity contribution in [2.75, 3.05) is 6.54 Å². The average molecular weight is 406 g/mol. The summed E-state index contributed by atoms with van der Waals surface area (Å²) in [5, 5.41) is 14.8. The Kier molecular flexibility index (Phi) is 7.21. The number of phenolic OH excluding ortho intramolecular Hbond substituents is 1. The number of hydrogen-bond donors (Lipinski definition) is 4. The van der Waals surface area contributed by atoms with Gasteiger partial charge in [-0.1, -0.05) is 42.5 Å². The van der Waals surface area contributed by atoms with E-state index in [1.807, 2.05) is 37.3 Å². The number of aromatic amines is 1. The topological polar surface area (TPSA) is 107 Å². The van der Waals surface area contributed by atoms with Gasteiger partial charge in [0.15, 0.2) is 0 Å². The molecule has 3 rings (SSSR count). The number of urea groups is 1. The van der Waals surface area contributed by atoms with Crippen molar-refractivity contribution in [2.24, 2.45) is 0 Å². The Balaban J connectivity index is 1.44. The molecule has 7 nitrogen and oxygen atoms in total. The van der Waals surface area contributed by atoms with E-state index in [-0.39, 0.29) is 17.3 Å². The number of carbonyl (C=O) groups is 1. The van der Waals surface area contributed by atoms with Gasteiger partial charge >= 0.3 is 6.03 Å². The van der Waals surface area contributed by atoms with Crippen molar-refractivity contribution in [1.82, 2.24) is 20.6 Å².